The fourth-order valence-electron chi connectivity index (χ4n) is 3.91. The number of carbonyl (C=O) groups is 1. The van der Waals surface area contributed by atoms with Crippen molar-refractivity contribution < 1.29 is 9.53 Å². The fourth-order valence-corrected chi connectivity index (χ4v) is 4.04. The molecule has 1 aliphatic heterocycles. The van der Waals surface area contributed by atoms with E-state index in [1.807, 2.05) is 36.4 Å². The maximum atomic E-state index is 13.0. The van der Waals surface area contributed by atoms with E-state index < -0.39 is 0 Å². The number of hydrogen-bond acceptors (Lipinski definition) is 3. The van der Waals surface area contributed by atoms with Crippen LogP contribution in [0, 0.1) is 5.92 Å². The van der Waals surface area contributed by atoms with E-state index in [1.165, 1.54) is 6.20 Å². The molecule has 2 aromatic carbocycles. The quantitative estimate of drug-likeness (QED) is 0.625. The first-order chi connectivity index (χ1) is 14.6. The Morgan fingerprint density at radius 3 is 2.60 bits per heavy atom. The number of amides is 1. The molecule has 1 amide bonds. The molecule has 1 aliphatic rings. The number of aromatic amines is 1. The number of carbonyl (C=O) groups excluding carboxylic acids is 1. The Morgan fingerprint density at radius 2 is 1.83 bits per heavy atom. The summed E-state index contributed by atoms with van der Waals surface area (Å²) in [7, 11) is 0. The van der Waals surface area contributed by atoms with Crippen molar-refractivity contribution in [2.24, 2.45) is 5.92 Å². The Labute approximate surface area is 180 Å². The molecule has 1 saturated heterocycles. The molecule has 30 heavy (non-hydrogen) atoms. The van der Waals surface area contributed by atoms with Gasteiger partial charge in [-0.15, -0.1) is 0 Å². The molecule has 6 heteroatoms. The minimum atomic E-state index is -0.359. The van der Waals surface area contributed by atoms with E-state index in [9.17, 15) is 9.59 Å². The molecule has 2 N–H and O–H groups in total. The minimum absolute atomic E-state index is 0.141. The van der Waals surface area contributed by atoms with E-state index >= 15 is 0 Å². The van der Waals surface area contributed by atoms with Gasteiger partial charge in [-0.25, -0.2) is 0 Å². The van der Waals surface area contributed by atoms with Gasteiger partial charge in [0.25, 0.3) is 5.91 Å². The lowest BCUT2D eigenvalue weighted by Crippen LogP contribution is -2.30. The number of aromatic nitrogens is 1. The molecule has 0 spiro atoms. The van der Waals surface area contributed by atoms with E-state index in [2.05, 4.69) is 16.4 Å². The number of H-pyrrole nitrogens is 1. The van der Waals surface area contributed by atoms with Gasteiger partial charge in [-0.1, -0.05) is 29.8 Å². The molecule has 4 rings (SSSR count). The molecule has 1 aromatic heterocycles. The van der Waals surface area contributed by atoms with Crippen LogP contribution >= 0.6 is 11.6 Å². The average Bonchev–Trinajstić information content (AvgIpc) is 2.76. The Balaban J connectivity index is 1.46. The van der Waals surface area contributed by atoms with Crippen LogP contribution in [-0.4, -0.2) is 30.6 Å². The first-order valence-corrected chi connectivity index (χ1v) is 10.7. The number of ether oxygens (including phenoxy) is 1. The molecule has 0 radical (unpaired) electrons. The number of benzene rings is 2. The lowest BCUT2D eigenvalue weighted by molar-refractivity contribution is 0.0665. The zero-order valence-corrected chi connectivity index (χ0v) is 17.5. The van der Waals surface area contributed by atoms with Crippen LogP contribution in [0.4, 0.5) is 0 Å². The van der Waals surface area contributed by atoms with Crippen molar-refractivity contribution in [3.8, 4) is 0 Å². The molecule has 2 heterocycles. The molecular weight excluding hydrogens is 400 g/mol. The van der Waals surface area contributed by atoms with Gasteiger partial charge in [0.05, 0.1) is 0 Å². The van der Waals surface area contributed by atoms with Gasteiger partial charge >= 0.3 is 0 Å². The van der Waals surface area contributed by atoms with Crippen molar-refractivity contribution in [2.75, 3.05) is 19.8 Å². The molecule has 0 saturated carbocycles. The van der Waals surface area contributed by atoms with E-state index in [4.69, 9.17) is 16.3 Å². The third-order valence-electron chi connectivity index (χ3n) is 5.67. The Hall–Kier alpha value is -2.63. The molecule has 0 atom stereocenters. The van der Waals surface area contributed by atoms with Crippen LogP contribution in [0.3, 0.4) is 0 Å². The summed E-state index contributed by atoms with van der Waals surface area (Å²) in [6.07, 6.45) is 5.19. The molecule has 0 bridgehead atoms. The molecular formula is C24H25ClN2O3. The van der Waals surface area contributed by atoms with Crippen LogP contribution in [0.5, 0.6) is 0 Å². The first-order valence-electron chi connectivity index (χ1n) is 10.3. The predicted molar refractivity (Wildman–Crippen MR) is 119 cm³/mol. The number of pyridine rings is 1. The lowest BCUT2D eigenvalue weighted by Gasteiger charge is -2.22. The van der Waals surface area contributed by atoms with Crippen molar-refractivity contribution in [1.82, 2.24) is 10.3 Å². The van der Waals surface area contributed by atoms with Gasteiger partial charge < -0.3 is 15.0 Å². The Bertz CT molecular complexity index is 1090. The number of fused-ring (bicyclic) bond motifs is 1. The van der Waals surface area contributed by atoms with E-state index in [1.54, 1.807) is 0 Å². The number of rotatable bonds is 6. The average molecular weight is 425 g/mol. The van der Waals surface area contributed by atoms with Gasteiger partial charge in [0.15, 0.2) is 0 Å². The van der Waals surface area contributed by atoms with E-state index in [0.717, 1.165) is 49.1 Å². The van der Waals surface area contributed by atoms with Crippen molar-refractivity contribution in [1.29, 1.82) is 0 Å². The topological polar surface area (TPSA) is 71.2 Å². The van der Waals surface area contributed by atoms with Gasteiger partial charge in [0, 0.05) is 41.9 Å². The number of nitrogens with one attached hydrogen (secondary N) is 2. The van der Waals surface area contributed by atoms with Crippen LogP contribution in [0.15, 0.2) is 53.5 Å². The molecule has 1 fully saturated rings. The SMILES string of the molecule is O=C(NCCc1ccc(Cl)cc1)c1c[nH]c2ccc(CC3CCOCC3)cc2c1=O. The van der Waals surface area contributed by atoms with Crippen LogP contribution in [0.25, 0.3) is 10.9 Å². The standard InChI is InChI=1S/C24H25ClN2O3/c25-19-4-1-16(2-5-19)7-10-26-24(29)21-15-27-22-6-3-18(14-20(22)23(21)28)13-17-8-11-30-12-9-17/h1-6,14-15,17H,7-13H2,(H,26,29)(H,27,28). The summed E-state index contributed by atoms with van der Waals surface area (Å²) < 4.78 is 5.43. The largest absolute Gasteiger partial charge is 0.381 e. The highest BCUT2D eigenvalue weighted by Crippen LogP contribution is 2.21. The lowest BCUT2D eigenvalue weighted by atomic mass is 9.92. The van der Waals surface area contributed by atoms with E-state index in [-0.39, 0.29) is 16.9 Å². The first kappa shape index (κ1) is 20.6. The summed E-state index contributed by atoms with van der Waals surface area (Å²) in [6, 6.07) is 13.4. The Morgan fingerprint density at radius 1 is 1.10 bits per heavy atom. The van der Waals surface area contributed by atoms with Crippen LogP contribution in [0.2, 0.25) is 5.02 Å². The van der Waals surface area contributed by atoms with Crippen LogP contribution in [0.1, 0.15) is 34.3 Å². The van der Waals surface area contributed by atoms with Gasteiger partial charge in [-0.2, -0.15) is 0 Å². The van der Waals surface area contributed by atoms with Crippen molar-refractivity contribution >= 4 is 28.4 Å². The molecule has 5 nitrogen and oxygen atoms in total. The summed E-state index contributed by atoms with van der Waals surface area (Å²) in [5.41, 5.74) is 2.85. The van der Waals surface area contributed by atoms with Gasteiger partial charge in [0.2, 0.25) is 5.43 Å². The zero-order chi connectivity index (χ0) is 20.9. The highest BCUT2D eigenvalue weighted by molar-refractivity contribution is 6.30. The van der Waals surface area contributed by atoms with Crippen LogP contribution < -0.4 is 10.7 Å². The van der Waals surface area contributed by atoms with Crippen molar-refractivity contribution in [3.05, 3.63) is 80.6 Å². The number of hydrogen-bond donors (Lipinski definition) is 2. The van der Waals surface area contributed by atoms with Gasteiger partial charge in [0.1, 0.15) is 5.56 Å². The van der Waals surface area contributed by atoms with Gasteiger partial charge in [-0.05, 0) is 67.0 Å². The monoisotopic (exact) mass is 424 g/mol. The van der Waals surface area contributed by atoms with Gasteiger partial charge in [-0.3, -0.25) is 9.59 Å². The normalized spacial score (nSPS) is 14.7. The third-order valence-corrected chi connectivity index (χ3v) is 5.92. The fraction of sp³-hybridized carbons (Fsp3) is 0.333. The smallest absolute Gasteiger partial charge is 0.256 e. The van der Waals surface area contributed by atoms with Crippen molar-refractivity contribution in [3.63, 3.8) is 0 Å². The molecule has 0 unspecified atom stereocenters. The second kappa shape index (κ2) is 9.45. The van der Waals surface area contributed by atoms with Crippen molar-refractivity contribution in [2.45, 2.75) is 25.7 Å². The third kappa shape index (κ3) is 4.91. The predicted octanol–water partition coefficient (Wildman–Crippen LogP) is 4.12. The maximum absolute atomic E-state index is 13.0. The zero-order valence-electron chi connectivity index (χ0n) is 16.7. The second-order valence-corrected chi connectivity index (χ2v) is 8.24. The minimum Gasteiger partial charge on any atom is -0.381 e. The summed E-state index contributed by atoms with van der Waals surface area (Å²) in [5.74, 6) is 0.219. The highest BCUT2D eigenvalue weighted by Gasteiger charge is 2.16. The maximum Gasteiger partial charge on any atom is 0.256 e. The summed E-state index contributed by atoms with van der Waals surface area (Å²) in [6.45, 7) is 2.06. The number of halogens is 1. The molecule has 3 aromatic rings. The van der Waals surface area contributed by atoms with Crippen LogP contribution in [-0.2, 0) is 17.6 Å². The Kier molecular flexibility index (Phi) is 6.50. The summed E-state index contributed by atoms with van der Waals surface area (Å²) >= 11 is 5.89. The second-order valence-electron chi connectivity index (χ2n) is 7.80. The summed E-state index contributed by atoms with van der Waals surface area (Å²) in [5, 5.41) is 4.08. The molecule has 156 valence electrons. The highest BCUT2D eigenvalue weighted by atomic mass is 35.5. The molecule has 0 aliphatic carbocycles. The van der Waals surface area contributed by atoms with E-state index in [0.29, 0.717) is 29.3 Å². The summed E-state index contributed by atoms with van der Waals surface area (Å²) in [4.78, 5) is 28.6.